The molecular weight excluding hydrogens is 1200 g/mol. The van der Waals surface area contributed by atoms with Crippen LogP contribution in [0.15, 0.2) is 138 Å². The first-order chi connectivity index (χ1) is 44.8. The number of rotatable bonds is 4. The van der Waals surface area contributed by atoms with E-state index in [2.05, 4.69) is 41.2 Å². The summed E-state index contributed by atoms with van der Waals surface area (Å²) in [5.41, 5.74) is 4.99. The van der Waals surface area contributed by atoms with Gasteiger partial charge >= 0.3 is 0 Å². The van der Waals surface area contributed by atoms with Crippen molar-refractivity contribution in [2.75, 3.05) is 81.3 Å². The summed E-state index contributed by atoms with van der Waals surface area (Å²) in [6.07, 6.45) is 19.5. The maximum Gasteiger partial charge on any atom is 0.167 e. The number of ether oxygens (including phenoxy) is 4. The number of aromatic hydroxyl groups is 8. The lowest BCUT2D eigenvalue weighted by Gasteiger charge is -2.09. The minimum Gasteiger partial charge on any atom is -0.504 e. The van der Waals surface area contributed by atoms with Crippen molar-refractivity contribution in [3.05, 3.63) is 164 Å². The number of benzene rings is 6. The zero-order valence-electron chi connectivity index (χ0n) is 50.4. The van der Waals surface area contributed by atoms with Crippen LogP contribution < -0.4 is 18.9 Å². The van der Waals surface area contributed by atoms with Crippen molar-refractivity contribution in [1.29, 1.82) is 0 Å². The molecule has 0 unspecified atom stereocenters. The van der Waals surface area contributed by atoms with Gasteiger partial charge in [-0.1, -0.05) is 65.5 Å². The highest BCUT2D eigenvalue weighted by atomic mass is 16.7. The summed E-state index contributed by atoms with van der Waals surface area (Å²) in [5.74, 6) is -1.68. The molecule has 0 aliphatic carbocycles. The average molecular weight is 1270 g/mol. The zero-order chi connectivity index (χ0) is 65.5. The van der Waals surface area contributed by atoms with Crippen molar-refractivity contribution in [2.24, 2.45) is 41.2 Å². The quantitative estimate of drug-likeness (QED) is 0.0612. The van der Waals surface area contributed by atoms with Crippen LogP contribution >= 0.6 is 0 Å². The molecule has 12 bridgehead atoms. The lowest BCUT2D eigenvalue weighted by molar-refractivity contribution is 0.0552. The fourth-order valence-electron chi connectivity index (χ4n) is 8.23. The predicted molar refractivity (Wildman–Crippen MR) is 340 cm³/mol. The number of phenolic OH excluding ortho intramolecular Hbond substituents is 8. The molecule has 0 aromatic heterocycles. The van der Waals surface area contributed by atoms with Gasteiger partial charge in [-0.05, 0) is 121 Å². The molecule has 10 rings (SSSR count). The third kappa shape index (κ3) is 20.1. The first-order valence-electron chi connectivity index (χ1n) is 28.0. The molecular formula is C64H68N8O20. The Bertz CT molecular complexity index is 3280. The van der Waals surface area contributed by atoms with E-state index in [0.717, 1.165) is 22.3 Å². The Hall–Kier alpha value is -11.8. The van der Waals surface area contributed by atoms with E-state index in [1.165, 1.54) is 102 Å². The van der Waals surface area contributed by atoms with Gasteiger partial charge < -0.3 is 98.5 Å². The molecule has 28 heteroatoms. The van der Waals surface area contributed by atoms with E-state index in [9.17, 15) is 40.9 Å². The third-order valence-corrected chi connectivity index (χ3v) is 12.9. The zero-order valence-corrected chi connectivity index (χ0v) is 50.4. The van der Waals surface area contributed by atoms with Crippen molar-refractivity contribution < 1.29 is 98.5 Å². The number of phenols is 8. The largest absolute Gasteiger partial charge is 0.504 e. The van der Waals surface area contributed by atoms with E-state index in [4.69, 9.17) is 57.6 Å². The topological polar surface area (TPSA) is 371 Å². The molecule has 6 aromatic rings. The molecule has 0 spiro atoms. The Morgan fingerprint density at radius 1 is 0.250 bits per heavy atom. The summed E-state index contributed by atoms with van der Waals surface area (Å²) in [6, 6.07) is 19.5. The second-order valence-electron chi connectivity index (χ2n) is 19.1. The highest BCUT2D eigenvalue weighted by Gasteiger charge is 2.16. The monoisotopic (exact) mass is 1270 g/mol. The minimum atomic E-state index is -0.487. The molecule has 0 saturated carbocycles. The van der Waals surface area contributed by atoms with Gasteiger partial charge in [0.25, 0.3) is 0 Å². The summed E-state index contributed by atoms with van der Waals surface area (Å²) in [5, 5.41) is 117. The van der Waals surface area contributed by atoms with Crippen LogP contribution in [0.2, 0.25) is 0 Å². The van der Waals surface area contributed by atoms with Crippen molar-refractivity contribution in [1.82, 2.24) is 0 Å². The van der Waals surface area contributed by atoms with Crippen LogP contribution in [0.3, 0.4) is 0 Å². The summed E-state index contributed by atoms with van der Waals surface area (Å²) in [4.78, 5) is 42.1. The van der Waals surface area contributed by atoms with Crippen LogP contribution in [0.4, 0.5) is 0 Å². The maximum absolute atomic E-state index is 10.8. The molecule has 0 atom stereocenters. The van der Waals surface area contributed by atoms with Crippen LogP contribution in [0, 0.1) is 0 Å². The van der Waals surface area contributed by atoms with Crippen molar-refractivity contribution in [3.63, 3.8) is 0 Å². The normalized spacial score (nSPS) is 14.4. The molecule has 4 aliphatic rings. The Morgan fingerprint density at radius 3 is 0.598 bits per heavy atom. The second kappa shape index (κ2) is 35.8. The number of hydrogen-bond donors (Lipinski definition) is 8. The van der Waals surface area contributed by atoms with Gasteiger partial charge in [0, 0.05) is 44.5 Å². The first kappa shape index (κ1) is 67.7. The number of allylic oxidation sites excluding steroid dienone is 4. The number of hydrogen-bond acceptors (Lipinski definition) is 28. The predicted octanol–water partition coefficient (Wildman–Crippen LogP) is 7.97. The molecule has 0 amide bonds. The van der Waals surface area contributed by atoms with E-state index in [1.807, 2.05) is 24.3 Å². The molecule has 484 valence electrons. The van der Waals surface area contributed by atoms with E-state index in [0.29, 0.717) is 47.9 Å². The van der Waals surface area contributed by atoms with Gasteiger partial charge in [-0.3, -0.25) is 0 Å². The molecule has 28 nitrogen and oxygen atoms in total. The fourth-order valence-corrected chi connectivity index (χ4v) is 8.23. The highest BCUT2D eigenvalue weighted by Crippen LogP contribution is 2.36. The maximum atomic E-state index is 10.8. The SMILES string of the molecule is COc1cc2cc(c1O)C=NOCCON=Cc1ccc(c(O)c1O)C=NOCCON=Cc1cc(cc(OC)c1O)CC=CCc1cc(c(O)c(OC)c1)C=NOCCON=Cc1ccc(c(O)c1O)C=NOCCON=Cc1cc(cc(OC)c1O)CC=CC2. The van der Waals surface area contributed by atoms with Crippen LogP contribution in [-0.2, 0) is 64.4 Å². The second-order valence-corrected chi connectivity index (χ2v) is 19.1. The van der Waals surface area contributed by atoms with Gasteiger partial charge in [-0.2, -0.15) is 0 Å². The number of oxime groups is 8. The Morgan fingerprint density at radius 2 is 0.424 bits per heavy atom. The van der Waals surface area contributed by atoms with Gasteiger partial charge in [-0.15, -0.1) is 0 Å². The van der Waals surface area contributed by atoms with Crippen LogP contribution in [-0.4, -0.2) is 172 Å². The average Bonchev–Trinajstić information content (AvgIpc) is 1.06. The summed E-state index contributed by atoms with van der Waals surface area (Å²) >= 11 is 0. The number of nitrogens with zero attached hydrogens (tertiary/aromatic N) is 8. The molecule has 0 radical (unpaired) electrons. The Balaban J connectivity index is 0.987. The highest BCUT2D eigenvalue weighted by molar-refractivity contribution is 5.92. The van der Waals surface area contributed by atoms with Gasteiger partial charge in [0.05, 0.1) is 78.2 Å². The Kier molecular flexibility index (Phi) is 26.4. The molecule has 8 N–H and O–H groups in total. The molecule has 4 heterocycles. The van der Waals surface area contributed by atoms with Crippen LogP contribution in [0.1, 0.15) is 66.8 Å². The smallest absolute Gasteiger partial charge is 0.167 e. The lowest BCUT2D eigenvalue weighted by Crippen LogP contribution is -1.99. The van der Waals surface area contributed by atoms with Crippen molar-refractivity contribution in [3.8, 4) is 69.0 Å². The lowest BCUT2D eigenvalue weighted by atomic mass is 10.0. The molecule has 6 aromatic carbocycles. The van der Waals surface area contributed by atoms with Crippen LogP contribution in [0.5, 0.6) is 69.0 Å². The van der Waals surface area contributed by atoms with Gasteiger partial charge in [0.15, 0.2) is 122 Å². The number of methoxy groups -OCH3 is 4. The molecule has 4 aliphatic heterocycles. The van der Waals surface area contributed by atoms with Gasteiger partial charge in [0.1, 0.15) is 0 Å². The van der Waals surface area contributed by atoms with Crippen LogP contribution in [0.25, 0.3) is 0 Å². The van der Waals surface area contributed by atoms with Crippen molar-refractivity contribution in [2.45, 2.75) is 25.7 Å². The van der Waals surface area contributed by atoms with E-state index in [-0.39, 0.29) is 121 Å². The van der Waals surface area contributed by atoms with Gasteiger partial charge in [-0.25, -0.2) is 0 Å². The Labute approximate surface area is 527 Å². The standard InChI is InChI=1S/C64H68N8O20/c1-81-53-29-41-9-5-6-10-42-26-50(58(74)54(30-42)82-2)38-70-90-22-18-86-67-35-47-15-16-48(64(80)63(47)79)36-68-88-20-24-92-72-40-52-28-44(32-56(84-4)60(52)76)12-8-7-11-43-27-51(59(75)55(31-43)83-3)39-71-91-23-19-87-66-34-46-14-13-45(61(77)62(46)78)33-65-85-17-21-89-69-37-49(25-41)57(53)73/h5-8,13-16,25-40,73-80H,9-12,17-24H2,1-4H3. The van der Waals surface area contributed by atoms with E-state index < -0.39 is 23.0 Å². The molecule has 92 heavy (non-hydrogen) atoms. The fraction of sp³-hybridized carbons (Fsp3) is 0.250. The molecule has 0 fully saturated rings. The molecule has 0 saturated heterocycles. The van der Waals surface area contributed by atoms with Crippen molar-refractivity contribution >= 4 is 49.7 Å². The summed E-state index contributed by atoms with van der Waals surface area (Å²) < 4.78 is 21.6. The summed E-state index contributed by atoms with van der Waals surface area (Å²) in [7, 11) is 5.70. The summed E-state index contributed by atoms with van der Waals surface area (Å²) in [6.45, 7) is -0.366. The minimum absolute atomic E-state index is 0.0411. The first-order valence-corrected chi connectivity index (χ1v) is 28.0. The third-order valence-electron chi connectivity index (χ3n) is 12.9. The van der Waals surface area contributed by atoms with E-state index >= 15 is 0 Å². The van der Waals surface area contributed by atoms with Gasteiger partial charge in [0.2, 0.25) is 0 Å². The van der Waals surface area contributed by atoms with E-state index in [1.54, 1.807) is 48.5 Å².